The van der Waals surface area contributed by atoms with Gasteiger partial charge in [-0.15, -0.1) is 0 Å². The van der Waals surface area contributed by atoms with E-state index in [9.17, 15) is 4.79 Å². The number of hydrogen-bond acceptors (Lipinski definition) is 5. The first-order chi connectivity index (χ1) is 10.7. The second-order valence-corrected chi connectivity index (χ2v) is 6.08. The van der Waals surface area contributed by atoms with Crippen LogP contribution in [0.3, 0.4) is 0 Å². The van der Waals surface area contributed by atoms with Crippen molar-refractivity contribution in [3.8, 4) is 0 Å². The summed E-state index contributed by atoms with van der Waals surface area (Å²) in [5.74, 6) is 1.16. The molecule has 0 bridgehead atoms. The van der Waals surface area contributed by atoms with Crippen molar-refractivity contribution in [2.75, 3.05) is 37.7 Å². The fraction of sp³-hybridized carbons (Fsp3) is 0.688. The van der Waals surface area contributed by atoms with Crippen LogP contribution in [0.25, 0.3) is 0 Å². The minimum atomic E-state index is -0.219. The Morgan fingerprint density at radius 3 is 2.64 bits per heavy atom. The van der Waals surface area contributed by atoms with E-state index < -0.39 is 0 Å². The first-order valence-electron chi connectivity index (χ1n) is 8.10. The molecule has 2 aliphatic rings. The molecular weight excluding hydrogens is 280 g/mol. The highest BCUT2D eigenvalue weighted by Gasteiger charge is 2.29. The molecule has 0 aliphatic carbocycles. The molecule has 0 N–H and O–H groups in total. The molecule has 0 unspecified atom stereocenters. The molecule has 3 rings (SSSR count). The Morgan fingerprint density at radius 2 is 1.95 bits per heavy atom. The minimum absolute atomic E-state index is 0.162. The molecule has 0 aromatic carbocycles. The van der Waals surface area contributed by atoms with E-state index in [0.29, 0.717) is 0 Å². The highest BCUT2D eigenvalue weighted by atomic mass is 16.5. The molecule has 6 heteroatoms. The van der Waals surface area contributed by atoms with Crippen molar-refractivity contribution in [3.05, 3.63) is 17.6 Å². The van der Waals surface area contributed by atoms with E-state index in [0.717, 1.165) is 69.1 Å². The molecule has 2 fully saturated rings. The highest BCUT2D eigenvalue weighted by molar-refractivity contribution is 5.81. The Labute approximate surface area is 131 Å². The van der Waals surface area contributed by atoms with E-state index in [1.54, 1.807) is 6.33 Å². The molecule has 1 aromatic rings. The Bertz CT molecular complexity index is 535. The second-order valence-electron chi connectivity index (χ2n) is 6.08. The average molecular weight is 304 g/mol. The number of piperazine rings is 1. The number of aryl methyl sites for hydroxylation is 1. The number of aromatic nitrogens is 2. The maximum absolute atomic E-state index is 12.5. The predicted octanol–water partition coefficient (Wildman–Crippen LogP) is 1.31. The average Bonchev–Trinajstić information content (AvgIpc) is 2.58. The number of nitrogens with zero attached hydrogens (tertiary/aromatic N) is 4. The number of rotatable bonds is 2. The van der Waals surface area contributed by atoms with Crippen molar-refractivity contribution in [2.24, 2.45) is 0 Å². The zero-order chi connectivity index (χ0) is 15.5. The predicted molar refractivity (Wildman–Crippen MR) is 83.9 cm³/mol. The molecule has 0 saturated carbocycles. The fourth-order valence-electron chi connectivity index (χ4n) is 3.12. The number of ether oxygens (including phenoxy) is 1. The maximum atomic E-state index is 12.5. The number of hydrogen-bond donors (Lipinski definition) is 0. The van der Waals surface area contributed by atoms with Crippen LogP contribution in [0.5, 0.6) is 0 Å². The number of anilines is 1. The van der Waals surface area contributed by atoms with E-state index >= 15 is 0 Å². The van der Waals surface area contributed by atoms with Gasteiger partial charge < -0.3 is 14.5 Å². The van der Waals surface area contributed by atoms with Gasteiger partial charge >= 0.3 is 0 Å². The molecule has 1 atom stereocenters. The van der Waals surface area contributed by atoms with Gasteiger partial charge in [0.1, 0.15) is 18.2 Å². The number of carbonyl (C=O) groups excluding carboxylic acids is 1. The summed E-state index contributed by atoms with van der Waals surface area (Å²) >= 11 is 0. The molecule has 1 aromatic heterocycles. The minimum Gasteiger partial charge on any atom is -0.368 e. The Balaban J connectivity index is 1.60. The molecular formula is C16H24N4O2. The first-order valence-corrected chi connectivity index (χ1v) is 8.10. The highest BCUT2D eigenvalue weighted by Crippen LogP contribution is 2.21. The van der Waals surface area contributed by atoms with Crippen molar-refractivity contribution in [1.82, 2.24) is 14.9 Å². The summed E-state index contributed by atoms with van der Waals surface area (Å²) in [6.45, 7) is 7.88. The summed E-state index contributed by atoms with van der Waals surface area (Å²) in [6, 6.07) is 0. The molecule has 6 nitrogen and oxygen atoms in total. The van der Waals surface area contributed by atoms with Crippen LogP contribution in [0.1, 0.15) is 30.5 Å². The van der Waals surface area contributed by atoms with Crippen molar-refractivity contribution in [3.63, 3.8) is 0 Å². The van der Waals surface area contributed by atoms with Gasteiger partial charge in [0.25, 0.3) is 5.91 Å². The third-order valence-electron chi connectivity index (χ3n) is 4.66. The van der Waals surface area contributed by atoms with Crippen LogP contribution >= 0.6 is 0 Å². The van der Waals surface area contributed by atoms with Gasteiger partial charge in [-0.05, 0) is 33.1 Å². The fourth-order valence-corrected chi connectivity index (χ4v) is 3.12. The van der Waals surface area contributed by atoms with Crippen LogP contribution < -0.4 is 4.90 Å². The van der Waals surface area contributed by atoms with E-state index in [2.05, 4.69) is 21.8 Å². The Morgan fingerprint density at radius 1 is 1.18 bits per heavy atom. The lowest BCUT2D eigenvalue weighted by Gasteiger charge is -2.38. The van der Waals surface area contributed by atoms with Crippen molar-refractivity contribution < 1.29 is 9.53 Å². The molecule has 0 spiro atoms. The number of carbonyl (C=O) groups is 1. The van der Waals surface area contributed by atoms with Crippen LogP contribution in [0.15, 0.2) is 6.33 Å². The van der Waals surface area contributed by atoms with Crippen molar-refractivity contribution in [2.45, 2.75) is 39.2 Å². The van der Waals surface area contributed by atoms with Crippen LogP contribution in [-0.2, 0) is 9.53 Å². The van der Waals surface area contributed by atoms with Crippen LogP contribution in [0.2, 0.25) is 0 Å². The lowest BCUT2D eigenvalue weighted by Crippen LogP contribution is -2.52. The normalized spacial score (nSPS) is 22.7. The number of amides is 1. The van der Waals surface area contributed by atoms with E-state index in [1.807, 2.05) is 11.8 Å². The van der Waals surface area contributed by atoms with Crippen LogP contribution in [0, 0.1) is 13.8 Å². The molecule has 2 saturated heterocycles. The van der Waals surface area contributed by atoms with Crippen LogP contribution in [-0.4, -0.2) is 59.7 Å². The summed E-state index contributed by atoms with van der Waals surface area (Å²) < 4.78 is 5.61. The smallest absolute Gasteiger partial charge is 0.251 e. The van der Waals surface area contributed by atoms with Gasteiger partial charge in [-0.2, -0.15) is 0 Å². The van der Waals surface area contributed by atoms with E-state index in [4.69, 9.17) is 4.74 Å². The lowest BCUT2D eigenvalue weighted by atomic mass is 10.1. The Hall–Kier alpha value is -1.69. The zero-order valence-electron chi connectivity index (χ0n) is 13.4. The summed E-state index contributed by atoms with van der Waals surface area (Å²) in [4.78, 5) is 25.3. The monoisotopic (exact) mass is 304 g/mol. The lowest BCUT2D eigenvalue weighted by molar-refractivity contribution is -0.146. The summed E-state index contributed by atoms with van der Waals surface area (Å²) in [7, 11) is 0. The maximum Gasteiger partial charge on any atom is 0.251 e. The SMILES string of the molecule is Cc1ncnc(N2CCN(C(=O)[C@@H]3CCCCO3)CC2)c1C. The summed E-state index contributed by atoms with van der Waals surface area (Å²) in [5, 5.41) is 0. The molecule has 1 amide bonds. The second kappa shape index (κ2) is 6.60. The summed E-state index contributed by atoms with van der Waals surface area (Å²) in [6.07, 6.45) is 4.43. The third kappa shape index (κ3) is 3.06. The van der Waals surface area contributed by atoms with Crippen molar-refractivity contribution >= 4 is 11.7 Å². The zero-order valence-corrected chi connectivity index (χ0v) is 13.4. The van der Waals surface area contributed by atoms with Gasteiger partial charge in [0.2, 0.25) is 0 Å². The van der Waals surface area contributed by atoms with Crippen LogP contribution in [0.4, 0.5) is 5.82 Å². The largest absolute Gasteiger partial charge is 0.368 e. The van der Waals surface area contributed by atoms with Gasteiger partial charge in [-0.25, -0.2) is 9.97 Å². The van der Waals surface area contributed by atoms with Crippen molar-refractivity contribution in [1.29, 1.82) is 0 Å². The molecule has 3 heterocycles. The first kappa shape index (κ1) is 15.2. The van der Waals surface area contributed by atoms with Gasteiger partial charge in [0.05, 0.1) is 0 Å². The quantitative estimate of drug-likeness (QED) is 0.824. The van der Waals surface area contributed by atoms with Gasteiger partial charge in [0, 0.05) is 44.0 Å². The molecule has 120 valence electrons. The summed E-state index contributed by atoms with van der Waals surface area (Å²) in [5.41, 5.74) is 2.14. The van der Waals surface area contributed by atoms with E-state index in [1.165, 1.54) is 0 Å². The molecule has 2 aliphatic heterocycles. The third-order valence-corrected chi connectivity index (χ3v) is 4.66. The molecule has 22 heavy (non-hydrogen) atoms. The molecule has 0 radical (unpaired) electrons. The Kier molecular flexibility index (Phi) is 4.57. The van der Waals surface area contributed by atoms with Gasteiger partial charge in [0.15, 0.2) is 0 Å². The van der Waals surface area contributed by atoms with Gasteiger partial charge in [-0.1, -0.05) is 0 Å². The topological polar surface area (TPSA) is 58.6 Å². The van der Waals surface area contributed by atoms with E-state index in [-0.39, 0.29) is 12.0 Å². The standard InChI is InChI=1S/C16H24N4O2/c1-12-13(2)17-11-18-15(12)19-6-8-20(9-7-19)16(21)14-5-3-4-10-22-14/h11,14H,3-10H2,1-2H3/t14-/m0/s1. The van der Waals surface area contributed by atoms with Gasteiger partial charge in [-0.3, -0.25) is 4.79 Å².